The van der Waals surface area contributed by atoms with Gasteiger partial charge in [0.2, 0.25) is 0 Å². The van der Waals surface area contributed by atoms with E-state index in [0.717, 1.165) is 47.6 Å². The Labute approximate surface area is 218 Å². The second kappa shape index (κ2) is 10.2. The summed E-state index contributed by atoms with van der Waals surface area (Å²) in [5.74, 6) is 0.223. The summed E-state index contributed by atoms with van der Waals surface area (Å²) < 4.78 is 39.2. The first-order valence-corrected chi connectivity index (χ1v) is 13.2. The molecule has 1 N–H and O–H groups in total. The molecule has 0 spiro atoms. The first kappa shape index (κ1) is 25.4. The van der Waals surface area contributed by atoms with Crippen molar-refractivity contribution >= 4 is 29.3 Å². The van der Waals surface area contributed by atoms with E-state index in [1.54, 1.807) is 29.2 Å². The third kappa shape index (κ3) is 5.54. The molecule has 3 aromatic rings. The van der Waals surface area contributed by atoms with E-state index in [-0.39, 0.29) is 24.4 Å². The van der Waals surface area contributed by atoms with Crippen LogP contribution < -0.4 is 10.2 Å². The van der Waals surface area contributed by atoms with Gasteiger partial charge in [0.05, 0.1) is 23.4 Å². The number of fused-ring (bicyclic) bond motifs is 2. The second-order valence-corrected chi connectivity index (χ2v) is 10.9. The van der Waals surface area contributed by atoms with Crippen LogP contribution in [0.1, 0.15) is 64.4 Å². The third-order valence-electron chi connectivity index (χ3n) is 7.07. The highest BCUT2D eigenvalue weighted by molar-refractivity contribution is 7.99. The Morgan fingerprint density at radius 2 is 1.68 bits per heavy atom. The van der Waals surface area contributed by atoms with Crippen LogP contribution >= 0.6 is 11.8 Å². The number of nitrogens with zero attached hydrogens (tertiary/aromatic N) is 1. The molecular formula is C29H27F3N2O2S. The van der Waals surface area contributed by atoms with Crippen molar-refractivity contribution in [1.29, 1.82) is 0 Å². The zero-order valence-electron chi connectivity index (χ0n) is 20.3. The molecule has 3 aromatic carbocycles. The molecule has 0 unspecified atom stereocenters. The Hall–Kier alpha value is -3.26. The number of carbonyl (C=O) groups excluding carboxylic acids is 2. The smallest absolute Gasteiger partial charge is 0.349 e. The Morgan fingerprint density at radius 1 is 0.973 bits per heavy atom. The zero-order chi connectivity index (χ0) is 26.2. The van der Waals surface area contributed by atoms with E-state index >= 15 is 0 Å². The molecule has 192 valence electrons. The van der Waals surface area contributed by atoms with Crippen molar-refractivity contribution < 1.29 is 22.8 Å². The third-order valence-corrected chi connectivity index (χ3v) is 8.21. The average Bonchev–Trinajstić information content (AvgIpc) is 2.99. The van der Waals surface area contributed by atoms with Gasteiger partial charge in [-0.2, -0.15) is 13.2 Å². The van der Waals surface area contributed by atoms with Gasteiger partial charge in [-0.25, -0.2) is 0 Å². The van der Waals surface area contributed by atoms with Crippen molar-refractivity contribution in [2.45, 2.75) is 61.2 Å². The topological polar surface area (TPSA) is 49.4 Å². The summed E-state index contributed by atoms with van der Waals surface area (Å²) >= 11 is 1.44. The van der Waals surface area contributed by atoms with E-state index in [0.29, 0.717) is 28.3 Å². The number of anilines is 1. The molecule has 2 amide bonds. The summed E-state index contributed by atoms with van der Waals surface area (Å²) in [6, 6.07) is 17.5. The van der Waals surface area contributed by atoms with E-state index in [9.17, 15) is 22.8 Å². The van der Waals surface area contributed by atoms with Crippen LogP contribution in [0, 0.1) is 5.92 Å². The van der Waals surface area contributed by atoms with Crippen molar-refractivity contribution in [3.63, 3.8) is 0 Å². The number of halogens is 3. The van der Waals surface area contributed by atoms with Gasteiger partial charge in [-0.15, -0.1) is 0 Å². The van der Waals surface area contributed by atoms with Crippen LogP contribution in [0.3, 0.4) is 0 Å². The summed E-state index contributed by atoms with van der Waals surface area (Å²) in [5, 5.41) is 3.14. The molecule has 1 aliphatic heterocycles. The molecule has 0 bridgehead atoms. The molecule has 2 aliphatic rings. The molecule has 5 rings (SSSR count). The molecule has 1 saturated carbocycles. The van der Waals surface area contributed by atoms with Gasteiger partial charge in [0.15, 0.2) is 0 Å². The quantitative estimate of drug-likeness (QED) is 0.389. The molecule has 4 nitrogen and oxygen atoms in total. The van der Waals surface area contributed by atoms with E-state index < -0.39 is 11.7 Å². The van der Waals surface area contributed by atoms with Gasteiger partial charge >= 0.3 is 6.18 Å². The zero-order valence-corrected chi connectivity index (χ0v) is 21.2. The highest BCUT2D eigenvalue weighted by Crippen LogP contribution is 2.42. The Balaban J connectivity index is 1.47. The van der Waals surface area contributed by atoms with E-state index in [2.05, 4.69) is 12.2 Å². The van der Waals surface area contributed by atoms with Crippen molar-refractivity contribution in [2.75, 3.05) is 4.90 Å². The fourth-order valence-corrected chi connectivity index (χ4v) is 5.93. The normalized spacial score (nSPS) is 19.6. The van der Waals surface area contributed by atoms with Gasteiger partial charge in [0.25, 0.3) is 11.8 Å². The van der Waals surface area contributed by atoms with Crippen molar-refractivity contribution in [2.24, 2.45) is 5.92 Å². The van der Waals surface area contributed by atoms with Crippen LogP contribution in [0.5, 0.6) is 0 Å². The minimum atomic E-state index is -4.43. The molecule has 1 aliphatic carbocycles. The van der Waals surface area contributed by atoms with E-state index in [1.165, 1.54) is 23.9 Å². The van der Waals surface area contributed by atoms with Crippen LogP contribution in [0.15, 0.2) is 76.5 Å². The predicted molar refractivity (Wildman–Crippen MR) is 138 cm³/mol. The monoisotopic (exact) mass is 524 g/mol. The fourth-order valence-electron chi connectivity index (χ4n) is 4.87. The fraction of sp³-hybridized carbons (Fsp3) is 0.310. The first-order valence-electron chi connectivity index (χ1n) is 12.4. The van der Waals surface area contributed by atoms with Crippen molar-refractivity contribution in [3.05, 3.63) is 89.0 Å². The number of rotatable bonds is 4. The minimum Gasteiger partial charge on any atom is -0.349 e. The number of nitrogens with one attached hydrogen (secondary N) is 1. The van der Waals surface area contributed by atoms with Gasteiger partial charge < -0.3 is 10.2 Å². The molecule has 0 radical (unpaired) electrons. The number of benzene rings is 3. The first-order chi connectivity index (χ1) is 17.7. The lowest BCUT2D eigenvalue weighted by atomic mass is 9.87. The van der Waals surface area contributed by atoms with Crippen LogP contribution in [0.25, 0.3) is 0 Å². The van der Waals surface area contributed by atoms with Crippen molar-refractivity contribution in [3.8, 4) is 0 Å². The second-order valence-electron chi connectivity index (χ2n) is 9.80. The summed E-state index contributed by atoms with van der Waals surface area (Å²) in [6.45, 7) is 2.30. The number of carbonyl (C=O) groups is 2. The Kier molecular flexibility index (Phi) is 7.03. The highest BCUT2D eigenvalue weighted by Gasteiger charge is 2.31. The highest BCUT2D eigenvalue weighted by atomic mass is 32.2. The largest absolute Gasteiger partial charge is 0.416 e. The SMILES string of the molecule is CC1CCC(NC(=O)c2ccc3c(c2)N(Cc2ccc(C(F)(F)F)cc2)C(=O)c2ccccc2S3)CC1. The van der Waals surface area contributed by atoms with Gasteiger partial charge in [-0.3, -0.25) is 9.59 Å². The Bertz CT molecular complexity index is 1320. The lowest BCUT2D eigenvalue weighted by Gasteiger charge is -2.27. The molecule has 8 heteroatoms. The van der Waals surface area contributed by atoms with Gasteiger partial charge in [0.1, 0.15) is 0 Å². The van der Waals surface area contributed by atoms with Crippen LogP contribution in [-0.2, 0) is 12.7 Å². The summed E-state index contributed by atoms with van der Waals surface area (Å²) in [6.07, 6.45) is -0.375. The lowest BCUT2D eigenvalue weighted by molar-refractivity contribution is -0.137. The maximum atomic E-state index is 13.7. The molecule has 0 atom stereocenters. The maximum absolute atomic E-state index is 13.7. The Morgan fingerprint density at radius 3 is 2.38 bits per heavy atom. The van der Waals surface area contributed by atoms with E-state index in [4.69, 9.17) is 0 Å². The number of hydrogen-bond donors (Lipinski definition) is 1. The number of hydrogen-bond acceptors (Lipinski definition) is 3. The van der Waals surface area contributed by atoms with Gasteiger partial charge in [-0.05, 0) is 79.6 Å². The average molecular weight is 525 g/mol. The molecular weight excluding hydrogens is 497 g/mol. The lowest BCUT2D eigenvalue weighted by Crippen LogP contribution is -2.37. The number of amides is 2. The number of alkyl halides is 3. The minimum absolute atomic E-state index is 0.0739. The summed E-state index contributed by atoms with van der Waals surface area (Å²) in [4.78, 5) is 30.0. The molecule has 0 saturated heterocycles. The van der Waals surface area contributed by atoms with Crippen molar-refractivity contribution in [1.82, 2.24) is 5.32 Å². The summed E-state index contributed by atoms with van der Waals surface area (Å²) in [7, 11) is 0. The standard InChI is InChI=1S/C29H27F3N2O2S/c1-18-6-13-22(14-7-18)33-27(35)20-10-15-26-24(16-20)34(28(36)23-4-2-3-5-25(23)37-26)17-19-8-11-21(12-9-19)29(30,31)32/h2-5,8-12,15-16,18,22H,6-7,13-14,17H2,1H3,(H,33,35). The molecule has 0 aromatic heterocycles. The molecule has 1 fully saturated rings. The molecule has 37 heavy (non-hydrogen) atoms. The van der Waals surface area contributed by atoms with Gasteiger partial charge in [-0.1, -0.05) is 43.0 Å². The maximum Gasteiger partial charge on any atom is 0.416 e. The predicted octanol–water partition coefficient (Wildman–Crippen LogP) is 7.33. The van der Waals surface area contributed by atoms with Gasteiger partial charge in [0, 0.05) is 21.4 Å². The van der Waals surface area contributed by atoms with E-state index in [1.807, 2.05) is 18.2 Å². The van der Waals surface area contributed by atoms with Crippen LogP contribution in [0.4, 0.5) is 18.9 Å². The van der Waals surface area contributed by atoms with Crippen LogP contribution in [-0.4, -0.2) is 17.9 Å². The van der Waals surface area contributed by atoms with Crippen LogP contribution in [0.2, 0.25) is 0 Å². The molecule has 1 heterocycles. The summed E-state index contributed by atoms with van der Waals surface area (Å²) in [5.41, 5.74) is 1.35.